The molecule has 142 valence electrons. The van der Waals surface area contributed by atoms with Crippen molar-refractivity contribution >= 4 is 45.1 Å². The van der Waals surface area contributed by atoms with Gasteiger partial charge in [0.05, 0.1) is 13.2 Å². The molecule has 3 rings (SSSR count). The van der Waals surface area contributed by atoms with Crippen molar-refractivity contribution in [2.75, 3.05) is 67.8 Å². The van der Waals surface area contributed by atoms with Crippen LogP contribution in [-0.4, -0.2) is 87.3 Å². The van der Waals surface area contributed by atoms with Crippen molar-refractivity contribution in [3.63, 3.8) is 0 Å². The van der Waals surface area contributed by atoms with Gasteiger partial charge in [-0.3, -0.25) is 4.21 Å². The number of rotatable bonds is 7. The van der Waals surface area contributed by atoms with E-state index in [2.05, 4.69) is 19.9 Å². The molecule has 0 atom stereocenters. The number of halogens is 1. The molecule has 0 bridgehead atoms. The number of hydrogen-bond acceptors (Lipinski definition) is 9. The fraction of sp³-hybridized carbons (Fsp3) is 0.600. The van der Waals surface area contributed by atoms with Crippen molar-refractivity contribution in [3.8, 4) is 0 Å². The maximum atomic E-state index is 11.6. The highest BCUT2D eigenvalue weighted by molar-refractivity contribution is 7.85. The molecule has 0 radical (unpaired) electrons. The number of hydrogen-bond donors (Lipinski definition) is 1. The molecule has 1 fully saturated rings. The molecule has 0 spiro atoms. The number of methoxy groups -OCH3 is 1. The topological polar surface area (TPSA) is 105 Å². The van der Waals surface area contributed by atoms with E-state index in [0.717, 1.165) is 0 Å². The minimum absolute atomic E-state index is 0.0289. The number of nitrogens with zero attached hydrogens (tertiary/aromatic N) is 6. The summed E-state index contributed by atoms with van der Waals surface area (Å²) in [5.74, 6) is 2.38. The lowest BCUT2D eigenvalue weighted by Gasteiger charge is -2.28. The van der Waals surface area contributed by atoms with Crippen LogP contribution in [0.4, 0.5) is 11.6 Å². The van der Waals surface area contributed by atoms with Gasteiger partial charge in [-0.25, -0.2) is 15.0 Å². The van der Waals surface area contributed by atoms with Crippen molar-refractivity contribution in [2.45, 2.75) is 0 Å². The van der Waals surface area contributed by atoms with Crippen LogP contribution in [0.5, 0.6) is 0 Å². The number of fused-ring (bicyclic) bond motifs is 1. The molecular weight excluding hydrogens is 380 g/mol. The largest absolute Gasteiger partial charge is 0.395 e. The van der Waals surface area contributed by atoms with Gasteiger partial charge in [0.25, 0.3) is 0 Å². The minimum atomic E-state index is -0.793. The molecule has 11 heteroatoms. The monoisotopic (exact) mass is 400 g/mol. The normalized spacial score (nSPS) is 15.6. The lowest BCUT2D eigenvalue weighted by atomic mass is 10.3. The van der Waals surface area contributed by atoms with E-state index in [1.54, 1.807) is 7.11 Å². The molecule has 0 aliphatic carbocycles. The molecule has 1 N–H and O–H groups in total. The van der Waals surface area contributed by atoms with E-state index >= 15 is 0 Å². The van der Waals surface area contributed by atoms with Gasteiger partial charge < -0.3 is 19.6 Å². The fourth-order valence-corrected chi connectivity index (χ4v) is 4.06. The van der Waals surface area contributed by atoms with Crippen LogP contribution in [0.15, 0.2) is 6.33 Å². The SMILES string of the molecule is COCCN(CCO)c1ncnc2c(N3CCS(=O)CC3)nc(Cl)nc12. The number of aliphatic hydroxyl groups is 1. The Labute approximate surface area is 158 Å². The van der Waals surface area contributed by atoms with Crippen LogP contribution < -0.4 is 9.80 Å². The van der Waals surface area contributed by atoms with E-state index in [4.69, 9.17) is 16.3 Å². The second kappa shape index (κ2) is 8.85. The number of aromatic nitrogens is 4. The summed E-state index contributed by atoms with van der Waals surface area (Å²) in [6, 6.07) is 0. The maximum Gasteiger partial charge on any atom is 0.225 e. The molecular formula is C15H21ClN6O3S. The average Bonchev–Trinajstić information content (AvgIpc) is 2.65. The number of aliphatic hydroxyl groups excluding tert-OH is 1. The van der Waals surface area contributed by atoms with Gasteiger partial charge in [0, 0.05) is 55.6 Å². The Hall–Kier alpha value is -1.62. The molecule has 2 aromatic rings. The first-order valence-electron chi connectivity index (χ1n) is 8.27. The number of ether oxygens (including phenoxy) is 1. The second-order valence-corrected chi connectivity index (χ2v) is 7.78. The lowest BCUT2D eigenvalue weighted by molar-refractivity contribution is 0.202. The van der Waals surface area contributed by atoms with E-state index in [-0.39, 0.29) is 11.9 Å². The second-order valence-electron chi connectivity index (χ2n) is 5.75. The van der Waals surface area contributed by atoms with Gasteiger partial charge in [-0.2, -0.15) is 4.98 Å². The zero-order valence-electron chi connectivity index (χ0n) is 14.5. The van der Waals surface area contributed by atoms with Crippen LogP contribution in [0.2, 0.25) is 5.28 Å². The highest BCUT2D eigenvalue weighted by Gasteiger charge is 2.23. The first-order chi connectivity index (χ1) is 12.6. The third-order valence-corrected chi connectivity index (χ3v) is 5.57. The Morgan fingerprint density at radius 3 is 2.73 bits per heavy atom. The summed E-state index contributed by atoms with van der Waals surface area (Å²) in [6.45, 7) is 2.63. The summed E-state index contributed by atoms with van der Waals surface area (Å²) in [6.07, 6.45) is 1.46. The zero-order valence-corrected chi connectivity index (χ0v) is 16.0. The molecule has 1 aliphatic rings. The van der Waals surface area contributed by atoms with Gasteiger partial charge in [0.2, 0.25) is 5.28 Å². The molecule has 2 aromatic heterocycles. The third kappa shape index (κ3) is 4.20. The molecule has 0 unspecified atom stereocenters. The van der Waals surface area contributed by atoms with E-state index < -0.39 is 10.8 Å². The summed E-state index contributed by atoms with van der Waals surface area (Å²) < 4.78 is 16.8. The van der Waals surface area contributed by atoms with Crippen molar-refractivity contribution in [2.24, 2.45) is 0 Å². The van der Waals surface area contributed by atoms with E-state index in [1.165, 1.54) is 6.33 Å². The summed E-state index contributed by atoms with van der Waals surface area (Å²) in [4.78, 5) is 21.3. The van der Waals surface area contributed by atoms with Crippen molar-refractivity contribution in [1.29, 1.82) is 0 Å². The Kier molecular flexibility index (Phi) is 6.52. The van der Waals surface area contributed by atoms with Crippen LogP contribution in [0.25, 0.3) is 11.0 Å². The van der Waals surface area contributed by atoms with Gasteiger partial charge in [0.1, 0.15) is 17.4 Å². The van der Waals surface area contributed by atoms with Gasteiger partial charge >= 0.3 is 0 Å². The lowest BCUT2D eigenvalue weighted by Crippen LogP contribution is -2.38. The highest BCUT2D eigenvalue weighted by Crippen LogP contribution is 2.29. The van der Waals surface area contributed by atoms with Crippen molar-refractivity contribution < 1.29 is 14.1 Å². The maximum absolute atomic E-state index is 11.6. The standard InChI is InChI=1S/C15H21ClN6O3S/c1-25-7-3-21(2-6-23)13-12-11(17-10-18-13)14(20-15(16)19-12)22-4-8-26(24)9-5-22/h10,23H,2-9H2,1H3. The Morgan fingerprint density at radius 2 is 2.04 bits per heavy atom. The van der Waals surface area contributed by atoms with Gasteiger partial charge in [-0.05, 0) is 11.6 Å². The first kappa shape index (κ1) is 19.2. The predicted octanol–water partition coefficient (Wildman–Crippen LogP) is 0.0870. The Morgan fingerprint density at radius 1 is 1.27 bits per heavy atom. The summed E-state index contributed by atoms with van der Waals surface area (Å²) >= 11 is 6.17. The third-order valence-electron chi connectivity index (χ3n) is 4.13. The first-order valence-corrected chi connectivity index (χ1v) is 10.1. The number of anilines is 2. The Balaban J connectivity index is 2.05. The smallest absolute Gasteiger partial charge is 0.225 e. The predicted molar refractivity (Wildman–Crippen MR) is 101 cm³/mol. The van der Waals surface area contributed by atoms with Crippen LogP contribution in [-0.2, 0) is 15.5 Å². The molecule has 1 saturated heterocycles. The van der Waals surface area contributed by atoms with Crippen molar-refractivity contribution in [3.05, 3.63) is 11.6 Å². The fourth-order valence-electron chi connectivity index (χ4n) is 2.84. The molecule has 9 nitrogen and oxygen atoms in total. The van der Waals surface area contributed by atoms with Crippen LogP contribution in [0.3, 0.4) is 0 Å². The van der Waals surface area contributed by atoms with Crippen LogP contribution in [0, 0.1) is 0 Å². The van der Waals surface area contributed by atoms with Gasteiger partial charge in [-0.1, -0.05) is 0 Å². The van der Waals surface area contributed by atoms with Gasteiger partial charge in [0.15, 0.2) is 11.6 Å². The summed E-state index contributed by atoms with van der Waals surface area (Å²) in [7, 11) is 0.825. The quantitative estimate of drug-likeness (QED) is 0.647. The Bertz CT molecular complexity index is 785. The molecule has 0 saturated carbocycles. The van der Waals surface area contributed by atoms with E-state index in [1.807, 2.05) is 9.80 Å². The average molecular weight is 401 g/mol. The molecule has 1 aliphatic heterocycles. The summed E-state index contributed by atoms with van der Waals surface area (Å²) in [5.41, 5.74) is 1.12. The van der Waals surface area contributed by atoms with E-state index in [0.29, 0.717) is 67.0 Å². The highest BCUT2D eigenvalue weighted by atomic mass is 35.5. The molecule has 3 heterocycles. The molecule has 0 amide bonds. The van der Waals surface area contributed by atoms with Crippen molar-refractivity contribution in [1.82, 2.24) is 19.9 Å². The minimum Gasteiger partial charge on any atom is -0.395 e. The van der Waals surface area contributed by atoms with Gasteiger partial charge in [-0.15, -0.1) is 0 Å². The van der Waals surface area contributed by atoms with Crippen LogP contribution in [0.1, 0.15) is 0 Å². The summed E-state index contributed by atoms with van der Waals surface area (Å²) in [5, 5.41) is 9.49. The molecule has 26 heavy (non-hydrogen) atoms. The zero-order chi connectivity index (χ0) is 18.5. The van der Waals surface area contributed by atoms with E-state index in [9.17, 15) is 9.32 Å². The van der Waals surface area contributed by atoms with Crippen LogP contribution >= 0.6 is 11.6 Å². The molecule has 0 aromatic carbocycles.